The molecule has 0 radical (unpaired) electrons. The molecule has 0 bridgehead atoms. The van der Waals surface area contributed by atoms with Gasteiger partial charge in [-0.3, -0.25) is 9.59 Å². The van der Waals surface area contributed by atoms with Gasteiger partial charge in [-0.25, -0.2) is 0 Å². The van der Waals surface area contributed by atoms with Crippen LogP contribution >= 0.6 is 11.6 Å². The third kappa shape index (κ3) is 5.80. The van der Waals surface area contributed by atoms with Crippen LogP contribution in [0.25, 0.3) is 0 Å². The van der Waals surface area contributed by atoms with E-state index in [4.69, 9.17) is 11.6 Å². The number of halogens is 1. The summed E-state index contributed by atoms with van der Waals surface area (Å²) in [6, 6.07) is 4.94. The van der Waals surface area contributed by atoms with Crippen LogP contribution in [0.1, 0.15) is 49.4 Å². The highest BCUT2D eigenvalue weighted by Crippen LogP contribution is 2.23. The lowest BCUT2D eigenvalue weighted by Crippen LogP contribution is -2.28. The second kappa shape index (κ2) is 9.64. The number of carbonyl (C=O) groups is 2. The molecule has 1 fully saturated rings. The van der Waals surface area contributed by atoms with Crippen LogP contribution in [0.3, 0.4) is 0 Å². The van der Waals surface area contributed by atoms with Crippen molar-refractivity contribution < 1.29 is 9.59 Å². The molecule has 0 aromatic heterocycles. The summed E-state index contributed by atoms with van der Waals surface area (Å²) in [5, 5.41) is 9.50. The zero-order valence-electron chi connectivity index (χ0n) is 14.2. The zero-order chi connectivity index (χ0) is 17.4. The van der Waals surface area contributed by atoms with E-state index in [2.05, 4.69) is 16.0 Å². The van der Waals surface area contributed by atoms with Gasteiger partial charge in [0.1, 0.15) is 0 Å². The van der Waals surface area contributed by atoms with E-state index in [9.17, 15) is 9.59 Å². The zero-order valence-corrected chi connectivity index (χ0v) is 14.9. The van der Waals surface area contributed by atoms with Crippen LogP contribution in [0, 0.1) is 5.92 Å². The Kier molecular flexibility index (Phi) is 7.53. The highest BCUT2D eigenvalue weighted by atomic mass is 35.5. The Morgan fingerprint density at radius 1 is 1.29 bits per heavy atom. The van der Waals surface area contributed by atoms with Crippen molar-refractivity contribution in [3.05, 3.63) is 28.8 Å². The molecule has 2 amide bonds. The number of carbonyl (C=O) groups excluding carboxylic acids is 2. The molecule has 0 saturated carbocycles. The van der Waals surface area contributed by atoms with Gasteiger partial charge in [0.15, 0.2) is 0 Å². The molecular formula is C18H26ClN3O2. The minimum Gasteiger partial charge on any atom is -0.352 e. The van der Waals surface area contributed by atoms with Crippen molar-refractivity contribution in [1.82, 2.24) is 10.6 Å². The molecule has 1 aromatic carbocycles. The molecule has 132 valence electrons. The van der Waals surface area contributed by atoms with Crippen LogP contribution in [0.5, 0.6) is 0 Å². The summed E-state index contributed by atoms with van der Waals surface area (Å²) in [4.78, 5) is 24.5. The van der Waals surface area contributed by atoms with Gasteiger partial charge in [-0.1, -0.05) is 18.5 Å². The van der Waals surface area contributed by atoms with Crippen LogP contribution in [0.4, 0.5) is 5.69 Å². The fourth-order valence-corrected chi connectivity index (χ4v) is 3.04. The van der Waals surface area contributed by atoms with Crippen LogP contribution in [0.15, 0.2) is 18.2 Å². The molecule has 1 saturated heterocycles. The smallest absolute Gasteiger partial charge is 0.253 e. The number of piperidine rings is 1. The SMILES string of the molecule is CCCNC(=O)c1ccc(Cl)cc1NC(=O)CCC1CCNCC1. The van der Waals surface area contributed by atoms with E-state index in [-0.39, 0.29) is 11.8 Å². The highest BCUT2D eigenvalue weighted by Gasteiger charge is 2.17. The first kappa shape index (κ1) is 18.7. The first-order valence-electron chi connectivity index (χ1n) is 8.68. The Hall–Kier alpha value is -1.59. The Bertz CT molecular complexity index is 571. The molecule has 2 rings (SSSR count). The van der Waals surface area contributed by atoms with Gasteiger partial charge in [-0.15, -0.1) is 0 Å². The molecule has 1 aliphatic rings. The lowest BCUT2D eigenvalue weighted by Gasteiger charge is -2.22. The van der Waals surface area contributed by atoms with Gasteiger partial charge in [0.05, 0.1) is 11.3 Å². The van der Waals surface area contributed by atoms with Crippen molar-refractivity contribution in [3.63, 3.8) is 0 Å². The van der Waals surface area contributed by atoms with Crippen LogP contribution in [-0.2, 0) is 4.79 Å². The quantitative estimate of drug-likeness (QED) is 0.706. The summed E-state index contributed by atoms with van der Waals surface area (Å²) in [7, 11) is 0. The normalized spacial score (nSPS) is 15.1. The van der Waals surface area contributed by atoms with Crippen LogP contribution in [0.2, 0.25) is 5.02 Å². The molecule has 1 aliphatic heterocycles. The average molecular weight is 352 g/mol. The van der Waals surface area contributed by atoms with Gasteiger partial charge >= 0.3 is 0 Å². The van der Waals surface area contributed by atoms with E-state index in [0.29, 0.717) is 35.2 Å². The third-order valence-electron chi connectivity index (χ3n) is 4.27. The second-order valence-corrected chi connectivity index (χ2v) is 6.66. The molecule has 0 unspecified atom stereocenters. The molecule has 0 atom stereocenters. The predicted octanol–water partition coefficient (Wildman–Crippen LogP) is 3.20. The number of benzene rings is 1. The minimum atomic E-state index is -0.192. The van der Waals surface area contributed by atoms with E-state index in [1.165, 1.54) is 0 Å². The van der Waals surface area contributed by atoms with Crippen molar-refractivity contribution in [3.8, 4) is 0 Å². The van der Waals surface area contributed by atoms with E-state index in [1.54, 1.807) is 18.2 Å². The lowest BCUT2D eigenvalue weighted by atomic mass is 9.93. The first-order chi connectivity index (χ1) is 11.6. The monoisotopic (exact) mass is 351 g/mol. The van der Waals surface area contributed by atoms with E-state index in [0.717, 1.165) is 38.8 Å². The Morgan fingerprint density at radius 3 is 2.75 bits per heavy atom. The number of anilines is 1. The van der Waals surface area contributed by atoms with Gasteiger partial charge in [-0.05, 0) is 62.9 Å². The van der Waals surface area contributed by atoms with Crippen molar-refractivity contribution in [2.75, 3.05) is 25.0 Å². The predicted molar refractivity (Wildman–Crippen MR) is 97.5 cm³/mol. The van der Waals surface area contributed by atoms with Crippen LogP contribution < -0.4 is 16.0 Å². The van der Waals surface area contributed by atoms with Crippen molar-refractivity contribution in [2.24, 2.45) is 5.92 Å². The van der Waals surface area contributed by atoms with Crippen LogP contribution in [-0.4, -0.2) is 31.4 Å². The van der Waals surface area contributed by atoms with Gasteiger partial charge in [0, 0.05) is 18.0 Å². The second-order valence-electron chi connectivity index (χ2n) is 6.23. The molecule has 6 heteroatoms. The molecule has 3 N–H and O–H groups in total. The Balaban J connectivity index is 1.95. The number of nitrogens with one attached hydrogen (secondary N) is 3. The fraction of sp³-hybridized carbons (Fsp3) is 0.556. The molecule has 24 heavy (non-hydrogen) atoms. The molecule has 1 aromatic rings. The van der Waals surface area contributed by atoms with Gasteiger partial charge in [0.25, 0.3) is 5.91 Å². The van der Waals surface area contributed by atoms with E-state index < -0.39 is 0 Å². The van der Waals surface area contributed by atoms with E-state index >= 15 is 0 Å². The van der Waals surface area contributed by atoms with Crippen molar-refractivity contribution in [2.45, 2.75) is 39.0 Å². The standard InChI is InChI=1S/C18H26ClN3O2/c1-2-9-21-18(24)15-5-4-14(19)12-16(15)22-17(23)6-3-13-7-10-20-11-8-13/h4-5,12-13,20H,2-3,6-11H2,1H3,(H,21,24)(H,22,23). The Labute approximate surface area is 148 Å². The topological polar surface area (TPSA) is 70.2 Å². The largest absolute Gasteiger partial charge is 0.352 e. The highest BCUT2D eigenvalue weighted by molar-refractivity contribution is 6.31. The molecule has 0 aliphatic carbocycles. The first-order valence-corrected chi connectivity index (χ1v) is 9.06. The maximum absolute atomic E-state index is 12.3. The summed E-state index contributed by atoms with van der Waals surface area (Å²) in [5.74, 6) is 0.339. The molecule has 5 nitrogen and oxygen atoms in total. The van der Waals surface area contributed by atoms with E-state index in [1.807, 2.05) is 6.92 Å². The number of hydrogen-bond acceptors (Lipinski definition) is 3. The fourth-order valence-electron chi connectivity index (χ4n) is 2.87. The van der Waals surface area contributed by atoms with Crippen molar-refractivity contribution >= 4 is 29.1 Å². The lowest BCUT2D eigenvalue weighted by molar-refractivity contribution is -0.116. The van der Waals surface area contributed by atoms with Gasteiger partial charge in [0.2, 0.25) is 5.91 Å². The molecule has 0 spiro atoms. The number of rotatable bonds is 7. The van der Waals surface area contributed by atoms with Gasteiger partial charge in [-0.2, -0.15) is 0 Å². The molecule has 1 heterocycles. The summed E-state index contributed by atoms with van der Waals surface area (Å²) in [6.45, 7) is 4.65. The third-order valence-corrected chi connectivity index (χ3v) is 4.51. The van der Waals surface area contributed by atoms with Gasteiger partial charge < -0.3 is 16.0 Å². The number of hydrogen-bond donors (Lipinski definition) is 3. The minimum absolute atomic E-state index is 0.0691. The Morgan fingerprint density at radius 2 is 2.04 bits per heavy atom. The van der Waals surface area contributed by atoms with Crippen molar-refractivity contribution in [1.29, 1.82) is 0 Å². The summed E-state index contributed by atoms with van der Waals surface area (Å²) >= 11 is 6.02. The summed E-state index contributed by atoms with van der Waals surface area (Å²) < 4.78 is 0. The maximum Gasteiger partial charge on any atom is 0.253 e. The summed E-state index contributed by atoms with van der Waals surface area (Å²) in [6.07, 6.45) is 4.44. The number of amides is 2. The maximum atomic E-state index is 12.3. The average Bonchev–Trinajstić information content (AvgIpc) is 2.59. The molecular weight excluding hydrogens is 326 g/mol. The summed E-state index contributed by atoms with van der Waals surface area (Å²) in [5.41, 5.74) is 0.925.